The summed E-state index contributed by atoms with van der Waals surface area (Å²) in [4.78, 5) is 0. The van der Waals surface area contributed by atoms with E-state index in [1.807, 2.05) is 0 Å². The molecule has 2 aliphatic carbocycles. The van der Waals surface area contributed by atoms with Crippen LogP contribution >= 0.6 is 0 Å². The van der Waals surface area contributed by atoms with Gasteiger partial charge in [-0.15, -0.1) is 0 Å². The molecule has 3 aliphatic rings. The molecule has 0 bridgehead atoms. The van der Waals surface area contributed by atoms with Crippen LogP contribution in [0.15, 0.2) is 0 Å². The van der Waals surface area contributed by atoms with Crippen molar-refractivity contribution in [2.75, 3.05) is 13.1 Å². The molecular formula is C11H20N2. The van der Waals surface area contributed by atoms with E-state index in [-0.39, 0.29) is 5.54 Å². The Bertz CT molecular complexity index is 236. The van der Waals surface area contributed by atoms with E-state index in [1.165, 1.54) is 45.2 Å². The SMILES string of the molecule is CC1(N)CC2(CNC2)CC12CCC2. The Morgan fingerprint density at radius 2 is 1.85 bits per heavy atom. The molecule has 1 unspecified atom stereocenters. The standard InChI is InChI=1S/C11H20N2/c1-9(12)5-10(7-13-8-10)6-11(9)3-2-4-11/h13H,2-8,12H2,1H3. The lowest BCUT2D eigenvalue weighted by Crippen LogP contribution is -2.53. The number of nitrogens with one attached hydrogen (secondary N) is 1. The molecule has 0 aromatic rings. The van der Waals surface area contributed by atoms with Gasteiger partial charge >= 0.3 is 0 Å². The Hall–Kier alpha value is -0.0800. The summed E-state index contributed by atoms with van der Waals surface area (Å²) in [5, 5.41) is 3.41. The maximum absolute atomic E-state index is 6.48. The minimum atomic E-state index is 0.132. The molecule has 1 saturated heterocycles. The van der Waals surface area contributed by atoms with E-state index >= 15 is 0 Å². The summed E-state index contributed by atoms with van der Waals surface area (Å²) >= 11 is 0. The fourth-order valence-electron chi connectivity index (χ4n) is 4.03. The molecule has 74 valence electrons. The molecule has 3 fully saturated rings. The average molecular weight is 180 g/mol. The molecule has 2 nitrogen and oxygen atoms in total. The van der Waals surface area contributed by atoms with Crippen molar-refractivity contribution >= 4 is 0 Å². The third-order valence-corrected chi connectivity index (χ3v) is 4.98. The first-order valence-electron chi connectivity index (χ1n) is 5.57. The van der Waals surface area contributed by atoms with Crippen molar-refractivity contribution < 1.29 is 0 Å². The van der Waals surface area contributed by atoms with Gasteiger partial charge in [0.1, 0.15) is 0 Å². The first kappa shape index (κ1) is 8.25. The van der Waals surface area contributed by atoms with Gasteiger partial charge in [-0.25, -0.2) is 0 Å². The number of hydrogen-bond acceptors (Lipinski definition) is 2. The van der Waals surface area contributed by atoms with Gasteiger partial charge in [0.05, 0.1) is 0 Å². The molecule has 0 amide bonds. The molecule has 0 aromatic heterocycles. The van der Waals surface area contributed by atoms with E-state index in [0.29, 0.717) is 10.8 Å². The van der Waals surface area contributed by atoms with Crippen LogP contribution in [0.2, 0.25) is 0 Å². The Morgan fingerprint density at radius 3 is 2.08 bits per heavy atom. The molecule has 0 radical (unpaired) electrons. The van der Waals surface area contributed by atoms with Gasteiger partial charge < -0.3 is 11.1 Å². The van der Waals surface area contributed by atoms with Crippen molar-refractivity contribution in [2.24, 2.45) is 16.6 Å². The highest BCUT2D eigenvalue weighted by Gasteiger charge is 2.62. The molecule has 13 heavy (non-hydrogen) atoms. The molecule has 1 heterocycles. The lowest BCUT2D eigenvalue weighted by atomic mass is 9.59. The van der Waals surface area contributed by atoms with Crippen molar-refractivity contribution in [1.29, 1.82) is 0 Å². The minimum absolute atomic E-state index is 0.132. The monoisotopic (exact) mass is 180 g/mol. The van der Waals surface area contributed by atoms with Crippen LogP contribution in [-0.4, -0.2) is 18.6 Å². The zero-order valence-corrected chi connectivity index (χ0v) is 8.53. The van der Waals surface area contributed by atoms with E-state index in [9.17, 15) is 0 Å². The van der Waals surface area contributed by atoms with Crippen molar-refractivity contribution in [2.45, 2.75) is 44.6 Å². The van der Waals surface area contributed by atoms with E-state index < -0.39 is 0 Å². The van der Waals surface area contributed by atoms with E-state index in [0.717, 1.165) is 0 Å². The minimum Gasteiger partial charge on any atom is -0.325 e. The molecule has 1 aliphatic heterocycles. The zero-order chi connectivity index (χ0) is 9.16. The Balaban J connectivity index is 1.89. The summed E-state index contributed by atoms with van der Waals surface area (Å²) in [6.07, 6.45) is 6.85. The van der Waals surface area contributed by atoms with Crippen LogP contribution < -0.4 is 11.1 Å². The predicted molar refractivity (Wildman–Crippen MR) is 53.4 cm³/mol. The molecule has 3 N–H and O–H groups in total. The van der Waals surface area contributed by atoms with Gasteiger partial charge in [-0.05, 0) is 43.4 Å². The number of hydrogen-bond donors (Lipinski definition) is 2. The van der Waals surface area contributed by atoms with Crippen LogP contribution in [0.5, 0.6) is 0 Å². The summed E-state index contributed by atoms with van der Waals surface area (Å²) in [5.41, 5.74) is 7.75. The third kappa shape index (κ3) is 0.861. The number of nitrogens with two attached hydrogens (primary N) is 1. The highest BCUT2D eigenvalue weighted by atomic mass is 15.0. The first-order chi connectivity index (χ1) is 6.08. The quantitative estimate of drug-likeness (QED) is 0.589. The van der Waals surface area contributed by atoms with Gasteiger partial charge in [-0.3, -0.25) is 0 Å². The van der Waals surface area contributed by atoms with Crippen LogP contribution in [0.3, 0.4) is 0 Å². The van der Waals surface area contributed by atoms with E-state index in [1.54, 1.807) is 0 Å². The van der Waals surface area contributed by atoms with E-state index in [2.05, 4.69) is 12.2 Å². The Morgan fingerprint density at radius 1 is 1.15 bits per heavy atom. The molecule has 2 heteroatoms. The first-order valence-corrected chi connectivity index (χ1v) is 5.57. The van der Waals surface area contributed by atoms with Crippen LogP contribution in [0.1, 0.15) is 39.0 Å². The normalized spacial score (nSPS) is 44.8. The second-order valence-corrected chi connectivity index (χ2v) is 6.01. The van der Waals surface area contributed by atoms with Crippen molar-refractivity contribution in [1.82, 2.24) is 5.32 Å². The second-order valence-electron chi connectivity index (χ2n) is 6.01. The highest BCUT2D eigenvalue weighted by molar-refractivity contribution is 5.18. The summed E-state index contributed by atoms with van der Waals surface area (Å²) < 4.78 is 0. The molecular weight excluding hydrogens is 160 g/mol. The third-order valence-electron chi connectivity index (χ3n) is 4.98. The van der Waals surface area contributed by atoms with Crippen molar-refractivity contribution in [3.05, 3.63) is 0 Å². The van der Waals surface area contributed by atoms with Gasteiger partial charge in [0.15, 0.2) is 0 Å². The molecule has 1 atom stereocenters. The van der Waals surface area contributed by atoms with Crippen LogP contribution in [-0.2, 0) is 0 Å². The highest BCUT2D eigenvalue weighted by Crippen LogP contribution is 2.64. The van der Waals surface area contributed by atoms with Crippen molar-refractivity contribution in [3.63, 3.8) is 0 Å². The number of rotatable bonds is 0. The Kier molecular flexibility index (Phi) is 1.34. The van der Waals surface area contributed by atoms with E-state index in [4.69, 9.17) is 5.73 Å². The second kappa shape index (κ2) is 2.12. The zero-order valence-electron chi connectivity index (χ0n) is 8.53. The lowest BCUT2D eigenvalue weighted by Gasteiger charge is -2.49. The fraction of sp³-hybridized carbons (Fsp3) is 1.00. The summed E-state index contributed by atoms with van der Waals surface area (Å²) in [7, 11) is 0. The average Bonchev–Trinajstić information content (AvgIpc) is 2.15. The van der Waals surface area contributed by atoms with Gasteiger partial charge in [-0.2, -0.15) is 0 Å². The van der Waals surface area contributed by atoms with Gasteiger partial charge in [0.2, 0.25) is 0 Å². The molecule has 2 saturated carbocycles. The smallest absolute Gasteiger partial charge is 0.0189 e. The maximum atomic E-state index is 6.48. The van der Waals surface area contributed by atoms with Crippen LogP contribution in [0.25, 0.3) is 0 Å². The fourth-order valence-corrected chi connectivity index (χ4v) is 4.03. The van der Waals surface area contributed by atoms with Gasteiger partial charge in [0.25, 0.3) is 0 Å². The van der Waals surface area contributed by atoms with Crippen LogP contribution in [0.4, 0.5) is 0 Å². The topological polar surface area (TPSA) is 38.0 Å². The largest absolute Gasteiger partial charge is 0.325 e. The molecule has 0 aromatic carbocycles. The summed E-state index contributed by atoms with van der Waals surface area (Å²) in [6.45, 7) is 4.74. The van der Waals surface area contributed by atoms with Gasteiger partial charge in [0, 0.05) is 18.6 Å². The molecule has 3 rings (SSSR count). The predicted octanol–water partition coefficient (Wildman–Crippen LogP) is 1.26. The lowest BCUT2D eigenvalue weighted by molar-refractivity contribution is 0.0519. The maximum Gasteiger partial charge on any atom is 0.0189 e. The Labute approximate surface area is 80.3 Å². The molecule has 2 spiro atoms. The summed E-state index contributed by atoms with van der Waals surface area (Å²) in [6, 6.07) is 0. The summed E-state index contributed by atoms with van der Waals surface area (Å²) in [5.74, 6) is 0. The van der Waals surface area contributed by atoms with Crippen LogP contribution in [0, 0.1) is 10.8 Å². The van der Waals surface area contributed by atoms with Crippen molar-refractivity contribution in [3.8, 4) is 0 Å². The van der Waals surface area contributed by atoms with Gasteiger partial charge in [-0.1, -0.05) is 6.42 Å².